The Balaban J connectivity index is 1.48. The number of carbonyl (C=O) groups excluding carboxylic acids is 1. The second kappa shape index (κ2) is 13.2. The fraction of sp³-hybridized carbons (Fsp3) is 0.321. The van der Waals surface area contributed by atoms with Gasteiger partial charge in [-0.2, -0.15) is 0 Å². The van der Waals surface area contributed by atoms with Crippen molar-refractivity contribution in [3.05, 3.63) is 90.0 Å². The molecule has 0 saturated heterocycles. The van der Waals surface area contributed by atoms with Crippen LogP contribution in [0.2, 0.25) is 0 Å². The number of benzene rings is 3. The quantitative estimate of drug-likeness (QED) is 0.299. The first-order valence-electron chi connectivity index (χ1n) is 11.6. The maximum atomic E-state index is 12.7. The van der Waals surface area contributed by atoms with Crippen molar-refractivity contribution in [1.29, 1.82) is 0 Å². The Kier molecular flexibility index (Phi) is 9.66. The highest BCUT2D eigenvalue weighted by atomic mass is 16.5. The number of anilines is 1. The minimum atomic E-state index is -0.167. The number of nitrogens with one attached hydrogen (secondary N) is 1. The van der Waals surface area contributed by atoms with Crippen LogP contribution in [0.4, 0.5) is 5.69 Å². The molecule has 0 heterocycles. The summed E-state index contributed by atoms with van der Waals surface area (Å²) >= 11 is 0. The Hall–Kier alpha value is -3.27. The van der Waals surface area contributed by atoms with Gasteiger partial charge in [0.05, 0.1) is 18.9 Å². The van der Waals surface area contributed by atoms with E-state index in [4.69, 9.17) is 9.47 Å². The molecule has 0 fully saturated rings. The second-order valence-corrected chi connectivity index (χ2v) is 7.82. The molecule has 0 aliphatic rings. The highest BCUT2D eigenvalue weighted by molar-refractivity contribution is 6.05. The van der Waals surface area contributed by atoms with Crippen molar-refractivity contribution in [1.82, 2.24) is 0 Å². The monoisotopic (exact) mass is 431 g/mol. The predicted octanol–water partition coefficient (Wildman–Crippen LogP) is 6.91. The van der Waals surface area contributed by atoms with E-state index in [1.165, 1.54) is 24.8 Å². The van der Waals surface area contributed by atoms with Crippen LogP contribution < -0.4 is 14.8 Å². The SMILES string of the molecule is CCCCCCOc1ccc(C(=O)Nc2ccccc2OCCCc2ccccc2)cc1. The van der Waals surface area contributed by atoms with E-state index >= 15 is 0 Å². The fourth-order valence-electron chi connectivity index (χ4n) is 3.41. The van der Waals surface area contributed by atoms with Crippen molar-refractivity contribution in [3.63, 3.8) is 0 Å². The van der Waals surface area contributed by atoms with Gasteiger partial charge in [0.2, 0.25) is 0 Å². The summed E-state index contributed by atoms with van der Waals surface area (Å²) in [6.45, 7) is 3.49. The number of hydrogen-bond donors (Lipinski definition) is 1. The molecule has 0 atom stereocenters. The van der Waals surface area contributed by atoms with E-state index < -0.39 is 0 Å². The van der Waals surface area contributed by atoms with Crippen LogP contribution >= 0.6 is 0 Å². The van der Waals surface area contributed by atoms with Crippen molar-refractivity contribution in [2.24, 2.45) is 0 Å². The Labute approximate surface area is 191 Å². The van der Waals surface area contributed by atoms with Gasteiger partial charge in [-0.3, -0.25) is 4.79 Å². The van der Waals surface area contributed by atoms with Gasteiger partial charge < -0.3 is 14.8 Å². The van der Waals surface area contributed by atoms with Gasteiger partial charge in [0.1, 0.15) is 11.5 Å². The molecule has 0 radical (unpaired) electrons. The summed E-state index contributed by atoms with van der Waals surface area (Å²) in [5.74, 6) is 1.31. The maximum absolute atomic E-state index is 12.7. The molecule has 1 amide bonds. The van der Waals surface area contributed by atoms with Crippen LogP contribution in [-0.4, -0.2) is 19.1 Å². The molecular formula is C28H33NO3. The van der Waals surface area contributed by atoms with Crippen LogP contribution in [0.25, 0.3) is 0 Å². The molecule has 3 rings (SSSR count). The zero-order valence-electron chi connectivity index (χ0n) is 18.9. The first kappa shape index (κ1) is 23.4. The van der Waals surface area contributed by atoms with E-state index in [1.807, 2.05) is 54.6 Å². The van der Waals surface area contributed by atoms with Crippen LogP contribution in [0.1, 0.15) is 54.9 Å². The van der Waals surface area contributed by atoms with Crippen LogP contribution in [-0.2, 0) is 6.42 Å². The van der Waals surface area contributed by atoms with Gasteiger partial charge in [-0.25, -0.2) is 0 Å². The molecule has 0 saturated carbocycles. The van der Waals surface area contributed by atoms with E-state index in [9.17, 15) is 4.79 Å². The van der Waals surface area contributed by atoms with Crippen molar-refractivity contribution < 1.29 is 14.3 Å². The Morgan fingerprint density at radius 3 is 2.25 bits per heavy atom. The van der Waals surface area contributed by atoms with Gasteiger partial charge in [0.15, 0.2) is 0 Å². The molecule has 4 heteroatoms. The lowest BCUT2D eigenvalue weighted by molar-refractivity contribution is 0.102. The minimum Gasteiger partial charge on any atom is -0.494 e. The lowest BCUT2D eigenvalue weighted by atomic mass is 10.1. The number of carbonyl (C=O) groups is 1. The van der Waals surface area contributed by atoms with E-state index in [0.29, 0.717) is 30.2 Å². The molecule has 4 nitrogen and oxygen atoms in total. The van der Waals surface area contributed by atoms with Crippen LogP contribution in [0.5, 0.6) is 11.5 Å². The van der Waals surface area contributed by atoms with E-state index in [0.717, 1.165) is 25.0 Å². The molecule has 32 heavy (non-hydrogen) atoms. The minimum absolute atomic E-state index is 0.167. The van der Waals surface area contributed by atoms with E-state index in [-0.39, 0.29) is 5.91 Å². The zero-order valence-corrected chi connectivity index (χ0v) is 18.9. The lowest BCUT2D eigenvalue weighted by Crippen LogP contribution is -2.13. The Morgan fingerprint density at radius 2 is 1.47 bits per heavy atom. The summed E-state index contributed by atoms with van der Waals surface area (Å²) < 4.78 is 11.7. The standard InChI is InChI=1S/C28H33NO3/c1-2-3-4-10-21-31-25-19-17-24(18-20-25)28(30)29-26-15-8-9-16-27(26)32-22-11-14-23-12-6-5-7-13-23/h5-9,12-13,15-20H,2-4,10-11,14,21-22H2,1H3,(H,29,30). The number of amides is 1. The molecular weight excluding hydrogens is 398 g/mol. The average Bonchev–Trinajstić information content (AvgIpc) is 2.83. The normalized spacial score (nSPS) is 10.5. The Bertz CT molecular complexity index is 938. The molecule has 3 aromatic carbocycles. The van der Waals surface area contributed by atoms with Gasteiger partial charge in [0, 0.05) is 5.56 Å². The molecule has 0 bridgehead atoms. The van der Waals surface area contributed by atoms with Crippen molar-refractivity contribution in [2.75, 3.05) is 18.5 Å². The van der Waals surface area contributed by atoms with Crippen molar-refractivity contribution in [2.45, 2.75) is 45.4 Å². The first-order chi connectivity index (χ1) is 15.8. The first-order valence-corrected chi connectivity index (χ1v) is 11.6. The fourth-order valence-corrected chi connectivity index (χ4v) is 3.41. The summed E-state index contributed by atoms with van der Waals surface area (Å²) in [5, 5.41) is 2.97. The molecule has 0 aliphatic carbocycles. The molecule has 168 valence electrons. The molecule has 0 aromatic heterocycles. The second-order valence-electron chi connectivity index (χ2n) is 7.82. The average molecular weight is 432 g/mol. The largest absolute Gasteiger partial charge is 0.494 e. The topological polar surface area (TPSA) is 47.6 Å². The summed E-state index contributed by atoms with van der Waals surface area (Å²) in [6.07, 6.45) is 6.56. The third-order valence-electron chi connectivity index (χ3n) is 5.23. The summed E-state index contributed by atoms with van der Waals surface area (Å²) in [4.78, 5) is 12.7. The molecule has 0 spiro atoms. The predicted molar refractivity (Wildman–Crippen MR) is 131 cm³/mol. The molecule has 0 unspecified atom stereocenters. The van der Waals surface area contributed by atoms with Gasteiger partial charge in [0.25, 0.3) is 5.91 Å². The van der Waals surface area contributed by atoms with E-state index in [2.05, 4.69) is 24.4 Å². The smallest absolute Gasteiger partial charge is 0.255 e. The summed E-state index contributed by atoms with van der Waals surface area (Å²) in [7, 11) is 0. The van der Waals surface area contributed by atoms with Crippen LogP contribution in [0.15, 0.2) is 78.9 Å². The number of unbranched alkanes of at least 4 members (excludes halogenated alkanes) is 3. The third-order valence-corrected chi connectivity index (χ3v) is 5.23. The number of rotatable bonds is 13. The highest BCUT2D eigenvalue weighted by Crippen LogP contribution is 2.25. The van der Waals surface area contributed by atoms with Crippen molar-refractivity contribution >= 4 is 11.6 Å². The van der Waals surface area contributed by atoms with Crippen LogP contribution in [0.3, 0.4) is 0 Å². The number of para-hydroxylation sites is 2. The van der Waals surface area contributed by atoms with Gasteiger partial charge >= 0.3 is 0 Å². The molecule has 1 N–H and O–H groups in total. The number of ether oxygens (including phenoxy) is 2. The zero-order chi connectivity index (χ0) is 22.4. The van der Waals surface area contributed by atoms with Gasteiger partial charge in [-0.15, -0.1) is 0 Å². The number of hydrogen-bond acceptors (Lipinski definition) is 3. The number of aryl methyl sites for hydroxylation is 1. The van der Waals surface area contributed by atoms with Gasteiger partial charge in [-0.05, 0) is 61.2 Å². The Morgan fingerprint density at radius 1 is 0.750 bits per heavy atom. The molecule has 0 aliphatic heterocycles. The highest BCUT2D eigenvalue weighted by Gasteiger charge is 2.10. The molecule has 3 aromatic rings. The summed E-state index contributed by atoms with van der Waals surface area (Å²) in [6, 6.07) is 25.2. The van der Waals surface area contributed by atoms with Crippen LogP contribution in [0, 0.1) is 0 Å². The third kappa shape index (κ3) is 7.77. The van der Waals surface area contributed by atoms with E-state index in [1.54, 1.807) is 12.1 Å². The van der Waals surface area contributed by atoms with Gasteiger partial charge in [-0.1, -0.05) is 68.7 Å². The maximum Gasteiger partial charge on any atom is 0.255 e. The summed E-state index contributed by atoms with van der Waals surface area (Å²) in [5.41, 5.74) is 2.56. The lowest BCUT2D eigenvalue weighted by Gasteiger charge is -2.13. The van der Waals surface area contributed by atoms with Crippen molar-refractivity contribution in [3.8, 4) is 11.5 Å².